The van der Waals surface area contributed by atoms with Crippen LogP contribution in [0.2, 0.25) is 0 Å². The molecule has 0 spiro atoms. The molecule has 0 aromatic heterocycles. The highest BCUT2D eigenvalue weighted by Gasteiger charge is 2.20. The van der Waals surface area contributed by atoms with Crippen LogP contribution in [-0.2, 0) is 5.41 Å². The van der Waals surface area contributed by atoms with E-state index in [9.17, 15) is 0 Å². The molecule has 0 heterocycles. The van der Waals surface area contributed by atoms with E-state index in [1.165, 1.54) is 11.3 Å². The van der Waals surface area contributed by atoms with Gasteiger partial charge in [0.05, 0.1) is 4.99 Å². The zero-order valence-electron chi connectivity index (χ0n) is 11.9. The lowest BCUT2D eigenvalue weighted by Gasteiger charge is -2.29. The lowest BCUT2D eigenvalue weighted by Crippen LogP contribution is -2.27. The number of hydrogen-bond donors (Lipinski definition) is 0. The van der Waals surface area contributed by atoms with Crippen LogP contribution in [0.4, 0.5) is 5.69 Å². The third-order valence-corrected chi connectivity index (χ3v) is 3.49. The highest BCUT2D eigenvalue weighted by molar-refractivity contribution is 7.80. The normalized spacial score (nSPS) is 11.1. The van der Waals surface area contributed by atoms with Gasteiger partial charge < -0.3 is 4.90 Å². The molecule has 0 fully saturated rings. The molecule has 1 aromatic carbocycles. The van der Waals surface area contributed by atoms with E-state index in [2.05, 4.69) is 63.6 Å². The Labute approximate surface area is 117 Å². The van der Waals surface area contributed by atoms with Gasteiger partial charge in [0.15, 0.2) is 0 Å². The van der Waals surface area contributed by atoms with E-state index in [1.54, 1.807) is 0 Å². The molecular formula is C16H23NS. The van der Waals surface area contributed by atoms with Crippen LogP contribution < -0.4 is 4.90 Å². The maximum Gasteiger partial charge on any atom is 0.0824 e. The first-order valence-corrected chi connectivity index (χ1v) is 6.75. The Balaban J connectivity index is 3.02. The molecule has 0 amide bonds. The standard InChI is InChI=1S/C16H23NS/c1-6-7-12-15(18)17(5)14-11-9-8-10-13(14)16(2,3)4/h6,8-11H,1,7,12H2,2-5H3. The molecule has 1 aromatic rings. The minimum atomic E-state index is 0.124. The van der Waals surface area contributed by atoms with Crippen LogP contribution in [0.15, 0.2) is 36.9 Å². The Morgan fingerprint density at radius 1 is 1.33 bits per heavy atom. The monoisotopic (exact) mass is 261 g/mol. The third kappa shape index (κ3) is 3.67. The molecule has 18 heavy (non-hydrogen) atoms. The van der Waals surface area contributed by atoms with Gasteiger partial charge in [0.2, 0.25) is 0 Å². The molecule has 0 saturated carbocycles. The van der Waals surface area contributed by atoms with Gasteiger partial charge in [-0.15, -0.1) is 6.58 Å². The lowest BCUT2D eigenvalue weighted by atomic mass is 9.85. The number of hydrogen-bond acceptors (Lipinski definition) is 1. The van der Waals surface area contributed by atoms with E-state index in [0.717, 1.165) is 17.8 Å². The molecule has 0 aliphatic carbocycles. The van der Waals surface area contributed by atoms with Crippen LogP contribution in [0.1, 0.15) is 39.2 Å². The highest BCUT2D eigenvalue weighted by atomic mass is 32.1. The van der Waals surface area contributed by atoms with E-state index in [1.807, 2.05) is 6.08 Å². The van der Waals surface area contributed by atoms with E-state index < -0.39 is 0 Å². The molecule has 0 N–H and O–H groups in total. The zero-order chi connectivity index (χ0) is 13.8. The molecule has 0 bridgehead atoms. The minimum Gasteiger partial charge on any atom is -0.339 e. The van der Waals surface area contributed by atoms with Gasteiger partial charge in [-0.3, -0.25) is 0 Å². The van der Waals surface area contributed by atoms with Crippen molar-refractivity contribution in [1.29, 1.82) is 0 Å². The first-order valence-electron chi connectivity index (χ1n) is 6.35. The molecule has 0 saturated heterocycles. The second-order valence-electron chi connectivity index (χ2n) is 5.55. The summed E-state index contributed by atoms with van der Waals surface area (Å²) in [5.74, 6) is 0. The van der Waals surface area contributed by atoms with Crippen molar-refractivity contribution in [1.82, 2.24) is 0 Å². The van der Waals surface area contributed by atoms with Gasteiger partial charge in [-0.25, -0.2) is 0 Å². The maximum absolute atomic E-state index is 5.48. The van der Waals surface area contributed by atoms with Gasteiger partial charge >= 0.3 is 0 Å². The molecule has 0 atom stereocenters. The first-order chi connectivity index (χ1) is 8.38. The van der Waals surface area contributed by atoms with Crippen LogP contribution in [0.3, 0.4) is 0 Å². The van der Waals surface area contributed by atoms with Crippen LogP contribution in [0, 0.1) is 0 Å². The molecule has 0 aliphatic heterocycles. The summed E-state index contributed by atoms with van der Waals surface area (Å²) in [6.45, 7) is 10.4. The first kappa shape index (κ1) is 14.9. The van der Waals surface area contributed by atoms with Crippen LogP contribution in [0.25, 0.3) is 0 Å². The molecule has 98 valence electrons. The maximum atomic E-state index is 5.48. The molecule has 0 radical (unpaired) electrons. The van der Waals surface area contributed by atoms with Crippen molar-refractivity contribution in [3.63, 3.8) is 0 Å². The second kappa shape index (κ2) is 6.14. The third-order valence-electron chi connectivity index (χ3n) is 3.01. The van der Waals surface area contributed by atoms with Crippen molar-refractivity contribution in [2.75, 3.05) is 11.9 Å². The van der Waals surface area contributed by atoms with Crippen molar-refractivity contribution < 1.29 is 0 Å². The van der Waals surface area contributed by atoms with Crippen LogP contribution in [-0.4, -0.2) is 12.0 Å². The predicted molar refractivity (Wildman–Crippen MR) is 85.6 cm³/mol. The van der Waals surface area contributed by atoms with Crippen molar-refractivity contribution in [3.05, 3.63) is 42.5 Å². The number of rotatable bonds is 4. The molecular weight excluding hydrogens is 238 g/mol. The van der Waals surface area contributed by atoms with E-state index >= 15 is 0 Å². The topological polar surface area (TPSA) is 3.24 Å². The molecule has 1 rings (SSSR count). The summed E-state index contributed by atoms with van der Waals surface area (Å²) in [6, 6.07) is 8.48. The van der Waals surface area contributed by atoms with Crippen molar-refractivity contribution in [2.24, 2.45) is 0 Å². The second-order valence-corrected chi connectivity index (χ2v) is 6.02. The molecule has 0 unspecified atom stereocenters. The summed E-state index contributed by atoms with van der Waals surface area (Å²) in [5.41, 5.74) is 2.66. The van der Waals surface area contributed by atoms with Gasteiger partial charge in [0.25, 0.3) is 0 Å². The molecule has 1 nitrogen and oxygen atoms in total. The van der Waals surface area contributed by atoms with Crippen molar-refractivity contribution >= 4 is 22.9 Å². The van der Waals surface area contributed by atoms with Gasteiger partial charge in [-0.2, -0.15) is 0 Å². The van der Waals surface area contributed by atoms with Crippen molar-refractivity contribution in [3.8, 4) is 0 Å². The average molecular weight is 261 g/mol. The summed E-state index contributed by atoms with van der Waals surface area (Å²) >= 11 is 5.48. The smallest absolute Gasteiger partial charge is 0.0824 e. The average Bonchev–Trinajstić information content (AvgIpc) is 2.34. The number of benzene rings is 1. The Bertz CT molecular complexity index is 429. The number of thiocarbonyl (C=S) groups is 1. The Morgan fingerprint density at radius 3 is 2.50 bits per heavy atom. The predicted octanol–water partition coefficient (Wildman–Crippen LogP) is 4.71. The van der Waals surface area contributed by atoms with Gasteiger partial charge in [-0.05, 0) is 23.5 Å². The SMILES string of the molecule is C=CCCC(=S)N(C)c1ccccc1C(C)(C)C. The Kier molecular flexibility index (Phi) is 5.09. The van der Waals surface area contributed by atoms with E-state index in [0.29, 0.717) is 0 Å². The number of allylic oxidation sites excluding steroid dienone is 1. The summed E-state index contributed by atoms with van der Waals surface area (Å²) in [4.78, 5) is 3.09. The summed E-state index contributed by atoms with van der Waals surface area (Å²) in [7, 11) is 2.05. The minimum absolute atomic E-state index is 0.124. The van der Waals surface area contributed by atoms with Gasteiger partial charge in [0, 0.05) is 19.2 Å². The summed E-state index contributed by atoms with van der Waals surface area (Å²) in [6.07, 6.45) is 3.73. The van der Waals surface area contributed by atoms with E-state index in [-0.39, 0.29) is 5.41 Å². The number of anilines is 1. The van der Waals surface area contributed by atoms with Crippen molar-refractivity contribution in [2.45, 2.75) is 39.0 Å². The fraction of sp³-hybridized carbons (Fsp3) is 0.438. The fourth-order valence-electron chi connectivity index (χ4n) is 1.93. The Morgan fingerprint density at radius 2 is 1.94 bits per heavy atom. The van der Waals surface area contributed by atoms with E-state index in [4.69, 9.17) is 12.2 Å². The van der Waals surface area contributed by atoms with Crippen LogP contribution >= 0.6 is 12.2 Å². The number of nitrogens with zero attached hydrogens (tertiary/aromatic N) is 1. The van der Waals surface area contributed by atoms with Gasteiger partial charge in [-0.1, -0.05) is 57.3 Å². The van der Waals surface area contributed by atoms with Crippen LogP contribution in [0.5, 0.6) is 0 Å². The largest absolute Gasteiger partial charge is 0.339 e. The number of para-hydroxylation sites is 1. The summed E-state index contributed by atoms with van der Waals surface area (Å²) < 4.78 is 0. The molecule has 2 heteroatoms. The summed E-state index contributed by atoms with van der Waals surface area (Å²) in [5, 5.41) is 0. The Hall–Kier alpha value is -1.15. The zero-order valence-corrected chi connectivity index (χ0v) is 12.7. The lowest BCUT2D eigenvalue weighted by molar-refractivity contribution is 0.591. The fourth-order valence-corrected chi connectivity index (χ4v) is 2.14. The highest BCUT2D eigenvalue weighted by Crippen LogP contribution is 2.31. The molecule has 0 aliphatic rings. The van der Waals surface area contributed by atoms with Gasteiger partial charge in [0.1, 0.15) is 0 Å². The quantitative estimate of drug-likeness (QED) is 0.570.